The van der Waals surface area contributed by atoms with Crippen LogP contribution in [-0.4, -0.2) is 52.5 Å². The fourth-order valence-electron chi connectivity index (χ4n) is 5.24. The molecule has 1 aliphatic carbocycles. The highest BCUT2D eigenvalue weighted by Gasteiger charge is 2.46. The molecule has 1 saturated carbocycles. The Balaban J connectivity index is 1.48. The molecular weight excluding hydrogens is 518 g/mol. The van der Waals surface area contributed by atoms with E-state index in [1.807, 2.05) is 47.6 Å². The van der Waals surface area contributed by atoms with E-state index in [4.69, 9.17) is 20.2 Å². The van der Waals surface area contributed by atoms with Gasteiger partial charge >= 0.3 is 5.97 Å². The van der Waals surface area contributed by atoms with Crippen molar-refractivity contribution < 1.29 is 22.7 Å². The van der Waals surface area contributed by atoms with E-state index in [1.165, 1.54) is 6.26 Å². The molecule has 208 valence electrons. The molecule has 3 aromatic rings. The Bertz CT molecular complexity index is 1580. The van der Waals surface area contributed by atoms with E-state index < -0.39 is 26.2 Å². The highest BCUT2D eigenvalue weighted by atomic mass is 32.2. The minimum absolute atomic E-state index is 0.0943. The summed E-state index contributed by atoms with van der Waals surface area (Å²) >= 11 is 0. The van der Waals surface area contributed by atoms with Gasteiger partial charge < -0.3 is 20.5 Å². The summed E-state index contributed by atoms with van der Waals surface area (Å²) in [5, 5.41) is 4.34. The summed E-state index contributed by atoms with van der Waals surface area (Å²) < 4.78 is 35.8. The van der Waals surface area contributed by atoms with Crippen LogP contribution in [0.15, 0.2) is 30.6 Å². The summed E-state index contributed by atoms with van der Waals surface area (Å²) in [6, 6.07) is 5.32. The number of hydrogen-bond donors (Lipinski definition) is 2. The summed E-state index contributed by atoms with van der Waals surface area (Å²) in [5.41, 5.74) is 7.07. The Morgan fingerprint density at radius 2 is 1.85 bits per heavy atom. The van der Waals surface area contributed by atoms with Gasteiger partial charge in [-0.1, -0.05) is 13.8 Å². The second-order valence-electron chi connectivity index (χ2n) is 11.9. The number of hydrogen-bond acceptors (Lipinski definition) is 10. The highest BCUT2D eigenvalue weighted by molar-refractivity contribution is 7.91. The number of carbonyl (C=O) groups excluding carboxylic acids is 1. The Kier molecular flexibility index (Phi) is 6.38. The number of carbonyl (C=O) groups is 1. The lowest BCUT2D eigenvalue weighted by molar-refractivity contribution is -0.0189. The fraction of sp³-hybridized carbons (Fsp3) is 0.500. The third kappa shape index (κ3) is 4.93. The van der Waals surface area contributed by atoms with Gasteiger partial charge in [0.15, 0.2) is 9.84 Å². The maximum atomic E-state index is 12.5. The number of rotatable bonds is 6. The van der Waals surface area contributed by atoms with E-state index >= 15 is 0 Å². The second kappa shape index (κ2) is 9.12. The molecule has 2 aliphatic rings. The number of cyclic esters (lactones) is 1. The number of aromatic nitrogens is 3. The zero-order valence-electron chi connectivity index (χ0n) is 23.3. The second-order valence-corrected chi connectivity index (χ2v) is 14.2. The van der Waals surface area contributed by atoms with Crippen molar-refractivity contribution in [1.29, 1.82) is 0 Å². The Morgan fingerprint density at radius 3 is 2.49 bits per heavy atom. The van der Waals surface area contributed by atoms with Crippen LogP contribution < -0.4 is 15.8 Å². The van der Waals surface area contributed by atoms with E-state index in [0.29, 0.717) is 40.6 Å². The first-order valence-corrected chi connectivity index (χ1v) is 15.0. The lowest BCUT2D eigenvalue weighted by Crippen LogP contribution is -2.51. The van der Waals surface area contributed by atoms with Crippen molar-refractivity contribution in [2.45, 2.75) is 76.4 Å². The van der Waals surface area contributed by atoms with Crippen LogP contribution in [0.3, 0.4) is 0 Å². The summed E-state index contributed by atoms with van der Waals surface area (Å²) in [4.78, 5) is 26.3. The molecule has 4 heterocycles. The maximum absolute atomic E-state index is 12.5. The molecule has 5 rings (SSSR count). The van der Waals surface area contributed by atoms with Crippen molar-refractivity contribution >= 4 is 38.2 Å². The Morgan fingerprint density at radius 1 is 1.13 bits per heavy atom. The summed E-state index contributed by atoms with van der Waals surface area (Å²) in [7, 11) is -3.13. The van der Waals surface area contributed by atoms with Crippen LogP contribution in [0.4, 0.5) is 11.6 Å². The van der Waals surface area contributed by atoms with Gasteiger partial charge in [0.25, 0.3) is 0 Å². The Labute approximate surface area is 228 Å². The smallest absolute Gasteiger partial charge is 0.340 e. The lowest BCUT2D eigenvalue weighted by atomic mass is 9.82. The zero-order valence-corrected chi connectivity index (χ0v) is 24.1. The van der Waals surface area contributed by atoms with Crippen LogP contribution in [-0.2, 0) is 20.1 Å². The number of ether oxygens (including phenoxy) is 2. The van der Waals surface area contributed by atoms with Gasteiger partial charge in [-0.25, -0.2) is 28.2 Å². The molecule has 3 N–H and O–H groups in total. The maximum Gasteiger partial charge on any atom is 0.340 e. The number of nitrogens with zero attached hydrogens (tertiary/aromatic N) is 3. The number of fused-ring (bicyclic) bond motifs is 2. The number of esters is 1. The van der Waals surface area contributed by atoms with Crippen molar-refractivity contribution in [3.8, 4) is 5.88 Å². The van der Waals surface area contributed by atoms with Crippen LogP contribution >= 0.6 is 0 Å². The molecule has 0 unspecified atom stereocenters. The van der Waals surface area contributed by atoms with Crippen molar-refractivity contribution in [1.82, 2.24) is 15.0 Å². The Hall–Kier alpha value is -3.31. The van der Waals surface area contributed by atoms with Gasteiger partial charge in [-0.3, -0.25) is 0 Å². The number of anilines is 2. The van der Waals surface area contributed by atoms with Gasteiger partial charge in [0.2, 0.25) is 5.88 Å². The van der Waals surface area contributed by atoms with Gasteiger partial charge in [0.05, 0.1) is 21.9 Å². The normalized spacial score (nSPS) is 24.5. The molecule has 1 aliphatic heterocycles. The van der Waals surface area contributed by atoms with Crippen molar-refractivity contribution in [3.63, 3.8) is 0 Å². The van der Waals surface area contributed by atoms with Crippen LogP contribution in [0.25, 0.3) is 10.8 Å². The summed E-state index contributed by atoms with van der Waals surface area (Å²) in [5.74, 6) is 0.861. The predicted molar refractivity (Wildman–Crippen MR) is 149 cm³/mol. The average Bonchev–Trinajstić information content (AvgIpc) is 2.82. The minimum Gasteiger partial charge on any atom is -0.473 e. The third-order valence-corrected chi connectivity index (χ3v) is 9.81. The molecule has 39 heavy (non-hydrogen) atoms. The molecule has 1 fully saturated rings. The van der Waals surface area contributed by atoms with E-state index in [-0.39, 0.29) is 23.9 Å². The van der Waals surface area contributed by atoms with E-state index in [9.17, 15) is 13.2 Å². The number of pyridine rings is 3. The van der Waals surface area contributed by atoms with Gasteiger partial charge in [-0.2, -0.15) is 0 Å². The molecule has 10 nitrogen and oxygen atoms in total. The van der Waals surface area contributed by atoms with Gasteiger partial charge in [0, 0.05) is 42.4 Å². The molecular formula is C28H35N5O5S. The van der Waals surface area contributed by atoms with Gasteiger partial charge in [-0.05, 0) is 56.8 Å². The molecule has 4 atom stereocenters. The quantitative estimate of drug-likeness (QED) is 0.425. The number of sulfone groups is 1. The van der Waals surface area contributed by atoms with E-state index in [0.717, 1.165) is 10.9 Å². The van der Waals surface area contributed by atoms with Crippen LogP contribution in [0, 0.1) is 5.92 Å². The molecule has 0 saturated heterocycles. The first-order valence-electron chi connectivity index (χ1n) is 13.0. The van der Waals surface area contributed by atoms with Crippen LogP contribution in [0.2, 0.25) is 0 Å². The van der Waals surface area contributed by atoms with E-state index in [1.54, 1.807) is 24.5 Å². The topological polar surface area (TPSA) is 146 Å². The zero-order chi connectivity index (χ0) is 28.5. The third-order valence-electron chi connectivity index (χ3n) is 8.09. The molecule has 3 aromatic heterocycles. The first-order chi connectivity index (χ1) is 18.1. The van der Waals surface area contributed by atoms with E-state index in [2.05, 4.69) is 15.3 Å². The first kappa shape index (κ1) is 27.3. The number of nitrogens with one attached hydrogen (secondary N) is 1. The minimum atomic E-state index is -3.13. The van der Waals surface area contributed by atoms with Crippen molar-refractivity contribution in [2.75, 3.05) is 11.6 Å². The summed E-state index contributed by atoms with van der Waals surface area (Å²) in [6.45, 7) is 11.4. The van der Waals surface area contributed by atoms with Crippen LogP contribution in [0.1, 0.15) is 75.5 Å². The molecule has 0 bridgehead atoms. The SMILES string of the molecule is C[C@H]1[C@H](Oc2ncc(C(C)(C)N)c3cc(Nc4ccc5c(n4)[C@@H](C)C(C)(C)OC5=O)ncc23)C[C@@H]1S(C)(=O)=O. The molecule has 11 heteroatoms. The molecule has 0 aromatic carbocycles. The van der Waals surface area contributed by atoms with Gasteiger partial charge in [0.1, 0.15) is 23.3 Å². The predicted octanol–water partition coefficient (Wildman–Crippen LogP) is 4.22. The standard InChI is InChI=1S/C28H35N5O5S/c1-14-20(11-21(14)39(7,35)36)37-25-18-12-30-23(10-17(18)19(13-31-25)27(3,4)29)32-22-9-8-16-24(33-22)15(2)28(5,6)38-26(16)34/h8-10,12-15,20-21H,11,29H2,1-7H3,(H,30,32,33)/t14-,15+,20+,21-/m0/s1. The molecule has 0 amide bonds. The molecule has 0 radical (unpaired) electrons. The lowest BCUT2D eigenvalue weighted by Gasteiger charge is -2.40. The van der Waals surface area contributed by atoms with Crippen LogP contribution in [0.5, 0.6) is 5.88 Å². The fourth-order valence-corrected chi connectivity index (χ4v) is 6.74. The summed E-state index contributed by atoms with van der Waals surface area (Å²) in [6.07, 6.45) is 4.80. The van der Waals surface area contributed by atoms with Crippen molar-refractivity contribution in [2.24, 2.45) is 11.7 Å². The van der Waals surface area contributed by atoms with Crippen molar-refractivity contribution in [3.05, 3.63) is 47.4 Å². The average molecular weight is 554 g/mol. The molecule has 0 spiro atoms. The number of nitrogens with two attached hydrogens (primary N) is 1. The monoisotopic (exact) mass is 553 g/mol. The largest absolute Gasteiger partial charge is 0.473 e. The van der Waals surface area contributed by atoms with Gasteiger partial charge in [-0.15, -0.1) is 0 Å². The highest BCUT2D eigenvalue weighted by Crippen LogP contribution is 2.40.